The Kier molecular flexibility index (Phi) is 5.99. The molecule has 9 nitrogen and oxygen atoms in total. The van der Waals surface area contributed by atoms with E-state index in [2.05, 4.69) is 25.3 Å². The SMILES string of the molecule is Cc1cc(Nc2cnn(CCN3CCCCC3)c2)nc(-c2cccc([N+](=O)[O-])c2)n1. The van der Waals surface area contributed by atoms with Crippen molar-refractivity contribution in [2.24, 2.45) is 0 Å². The first-order chi connectivity index (χ1) is 14.6. The molecule has 4 rings (SSSR count). The van der Waals surface area contributed by atoms with E-state index < -0.39 is 4.92 Å². The van der Waals surface area contributed by atoms with E-state index in [-0.39, 0.29) is 5.69 Å². The molecule has 9 heteroatoms. The molecular formula is C21H25N7O2. The first-order valence-electron chi connectivity index (χ1n) is 10.2. The Bertz CT molecular complexity index is 1030. The van der Waals surface area contributed by atoms with Gasteiger partial charge in [0.2, 0.25) is 0 Å². The second-order valence-electron chi connectivity index (χ2n) is 7.54. The number of aryl methyl sites for hydroxylation is 1. The van der Waals surface area contributed by atoms with E-state index in [1.54, 1.807) is 18.3 Å². The highest BCUT2D eigenvalue weighted by molar-refractivity contribution is 5.63. The van der Waals surface area contributed by atoms with Crippen molar-refractivity contribution >= 4 is 17.2 Å². The van der Waals surface area contributed by atoms with Crippen LogP contribution in [0, 0.1) is 17.0 Å². The molecule has 0 atom stereocenters. The number of nitrogens with one attached hydrogen (secondary N) is 1. The minimum absolute atomic E-state index is 0.0158. The lowest BCUT2D eigenvalue weighted by molar-refractivity contribution is -0.384. The lowest BCUT2D eigenvalue weighted by atomic mass is 10.1. The molecule has 1 N–H and O–H groups in total. The van der Waals surface area contributed by atoms with Crippen LogP contribution < -0.4 is 5.32 Å². The Hall–Kier alpha value is -3.33. The van der Waals surface area contributed by atoms with E-state index in [0.29, 0.717) is 17.2 Å². The summed E-state index contributed by atoms with van der Waals surface area (Å²) < 4.78 is 1.94. The van der Waals surface area contributed by atoms with Crippen molar-refractivity contribution in [2.45, 2.75) is 32.7 Å². The molecule has 3 aromatic rings. The molecule has 0 saturated carbocycles. The second kappa shape index (κ2) is 9.00. The third kappa shape index (κ3) is 4.98. The third-order valence-corrected chi connectivity index (χ3v) is 5.17. The van der Waals surface area contributed by atoms with Crippen LogP contribution in [0.2, 0.25) is 0 Å². The number of nitro groups is 1. The summed E-state index contributed by atoms with van der Waals surface area (Å²) in [5.41, 5.74) is 2.23. The molecule has 0 bridgehead atoms. The number of piperidine rings is 1. The number of benzene rings is 1. The number of rotatable bonds is 7. The maximum atomic E-state index is 11.1. The van der Waals surface area contributed by atoms with Crippen LogP contribution in [0.25, 0.3) is 11.4 Å². The first kappa shape index (κ1) is 20.0. The van der Waals surface area contributed by atoms with Crippen molar-refractivity contribution in [2.75, 3.05) is 25.0 Å². The summed E-state index contributed by atoms with van der Waals surface area (Å²) in [7, 11) is 0. The molecule has 1 aliphatic rings. The predicted molar refractivity (Wildman–Crippen MR) is 115 cm³/mol. The summed E-state index contributed by atoms with van der Waals surface area (Å²) in [6.45, 7) is 6.07. The van der Waals surface area contributed by atoms with Crippen molar-refractivity contribution in [3.8, 4) is 11.4 Å². The average Bonchev–Trinajstić information content (AvgIpc) is 3.20. The predicted octanol–water partition coefficient (Wildman–Crippen LogP) is 3.79. The van der Waals surface area contributed by atoms with Gasteiger partial charge in [-0.05, 0) is 32.9 Å². The molecule has 0 spiro atoms. The van der Waals surface area contributed by atoms with Crippen LogP contribution in [0.15, 0.2) is 42.7 Å². The van der Waals surface area contributed by atoms with Gasteiger partial charge in [0.15, 0.2) is 5.82 Å². The van der Waals surface area contributed by atoms with Crippen LogP contribution >= 0.6 is 0 Å². The molecule has 0 amide bonds. The lowest BCUT2D eigenvalue weighted by Gasteiger charge is -2.26. The summed E-state index contributed by atoms with van der Waals surface area (Å²) in [4.78, 5) is 22.1. The Morgan fingerprint density at radius 2 is 1.97 bits per heavy atom. The molecule has 0 radical (unpaired) electrons. The molecule has 156 valence electrons. The number of nitrogens with zero attached hydrogens (tertiary/aromatic N) is 6. The van der Waals surface area contributed by atoms with Crippen molar-refractivity contribution in [1.29, 1.82) is 0 Å². The Labute approximate surface area is 174 Å². The minimum atomic E-state index is -0.420. The summed E-state index contributed by atoms with van der Waals surface area (Å²) in [5.74, 6) is 1.07. The number of non-ortho nitro benzene ring substituents is 1. The largest absolute Gasteiger partial charge is 0.338 e. The van der Waals surface area contributed by atoms with Crippen LogP contribution in [0.4, 0.5) is 17.2 Å². The highest BCUT2D eigenvalue weighted by Gasteiger charge is 2.12. The van der Waals surface area contributed by atoms with E-state index in [0.717, 1.165) is 24.5 Å². The molecule has 3 heterocycles. The zero-order valence-electron chi connectivity index (χ0n) is 17.0. The molecule has 1 aliphatic heterocycles. The number of hydrogen-bond acceptors (Lipinski definition) is 7. The summed E-state index contributed by atoms with van der Waals surface area (Å²) >= 11 is 0. The lowest BCUT2D eigenvalue weighted by Crippen LogP contribution is -2.32. The first-order valence-corrected chi connectivity index (χ1v) is 10.2. The molecule has 30 heavy (non-hydrogen) atoms. The fraction of sp³-hybridized carbons (Fsp3) is 0.381. The quantitative estimate of drug-likeness (QED) is 0.469. The van der Waals surface area contributed by atoms with Gasteiger partial charge in [-0.2, -0.15) is 5.10 Å². The van der Waals surface area contributed by atoms with E-state index in [4.69, 9.17) is 0 Å². The van der Waals surface area contributed by atoms with Gasteiger partial charge in [0.05, 0.1) is 23.4 Å². The van der Waals surface area contributed by atoms with Gasteiger partial charge in [-0.3, -0.25) is 14.8 Å². The van der Waals surface area contributed by atoms with Gasteiger partial charge in [-0.15, -0.1) is 0 Å². The van der Waals surface area contributed by atoms with Crippen LogP contribution in [0.5, 0.6) is 0 Å². The summed E-state index contributed by atoms with van der Waals surface area (Å²) in [6, 6.07) is 8.18. The fourth-order valence-electron chi connectivity index (χ4n) is 3.65. The number of hydrogen-bond donors (Lipinski definition) is 1. The summed E-state index contributed by atoms with van der Waals surface area (Å²) in [6.07, 6.45) is 7.65. The normalized spacial score (nSPS) is 14.6. The monoisotopic (exact) mass is 407 g/mol. The van der Waals surface area contributed by atoms with Crippen LogP contribution in [-0.4, -0.2) is 49.2 Å². The average molecular weight is 407 g/mol. The van der Waals surface area contributed by atoms with Gasteiger partial charge < -0.3 is 10.2 Å². The number of anilines is 2. The topological polar surface area (TPSA) is 102 Å². The van der Waals surface area contributed by atoms with E-state index in [1.807, 2.05) is 23.9 Å². The number of aromatic nitrogens is 4. The van der Waals surface area contributed by atoms with E-state index in [9.17, 15) is 10.1 Å². The highest BCUT2D eigenvalue weighted by atomic mass is 16.6. The Balaban J connectivity index is 1.45. The zero-order valence-corrected chi connectivity index (χ0v) is 17.0. The molecule has 2 aromatic heterocycles. The molecule has 1 fully saturated rings. The second-order valence-corrected chi connectivity index (χ2v) is 7.54. The van der Waals surface area contributed by atoms with Crippen LogP contribution in [0.3, 0.4) is 0 Å². The Morgan fingerprint density at radius 3 is 2.77 bits per heavy atom. The maximum Gasteiger partial charge on any atom is 0.270 e. The highest BCUT2D eigenvalue weighted by Crippen LogP contribution is 2.23. The van der Waals surface area contributed by atoms with Crippen molar-refractivity contribution in [1.82, 2.24) is 24.6 Å². The molecule has 1 aromatic carbocycles. The van der Waals surface area contributed by atoms with Gasteiger partial charge >= 0.3 is 0 Å². The maximum absolute atomic E-state index is 11.1. The van der Waals surface area contributed by atoms with Crippen LogP contribution in [0.1, 0.15) is 25.0 Å². The third-order valence-electron chi connectivity index (χ3n) is 5.17. The van der Waals surface area contributed by atoms with Crippen molar-refractivity contribution in [3.05, 3.63) is 58.5 Å². The fourth-order valence-corrected chi connectivity index (χ4v) is 3.65. The summed E-state index contributed by atoms with van der Waals surface area (Å²) in [5, 5.41) is 18.8. The number of nitro benzene ring substituents is 1. The van der Waals surface area contributed by atoms with E-state index in [1.165, 1.54) is 44.5 Å². The van der Waals surface area contributed by atoms with Gasteiger partial charge in [0, 0.05) is 42.2 Å². The molecule has 0 unspecified atom stereocenters. The number of likely N-dealkylation sites (tertiary alicyclic amines) is 1. The van der Waals surface area contributed by atoms with E-state index >= 15 is 0 Å². The molecule has 0 aliphatic carbocycles. The molecule has 1 saturated heterocycles. The van der Waals surface area contributed by atoms with Crippen LogP contribution in [-0.2, 0) is 6.54 Å². The van der Waals surface area contributed by atoms with Gasteiger partial charge in [0.1, 0.15) is 5.82 Å². The zero-order chi connectivity index (χ0) is 20.9. The molecular weight excluding hydrogens is 382 g/mol. The van der Waals surface area contributed by atoms with Crippen molar-refractivity contribution in [3.63, 3.8) is 0 Å². The van der Waals surface area contributed by atoms with Gasteiger partial charge in [-0.25, -0.2) is 9.97 Å². The smallest absolute Gasteiger partial charge is 0.270 e. The van der Waals surface area contributed by atoms with Gasteiger partial charge in [-0.1, -0.05) is 18.6 Å². The van der Waals surface area contributed by atoms with Crippen molar-refractivity contribution < 1.29 is 4.92 Å². The Morgan fingerprint density at radius 1 is 1.13 bits per heavy atom. The standard InChI is InChI=1S/C21H25N7O2/c1-16-12-20(25-21(23-16)17-6-5-7-19(13-17)28(29)30)24-18-14-22-27(15-18)11-10-26-8-3-2-4-9-26/h5-7,12-15H,2-4,8-11H2,1H3,(H,23,24,25). The minimum Gasteiger partial charge on any atom is -0.338 e. The van der Waals surface area contributed by atoms with Gasteiger partial charge in [0.25, 0.3) is 5.69 Å².